The lowest BCUT2D eigenvalue weighted by molar-refractivity contribution is -0.115. The predicted molar refractivity (Wildman–Crippen MR) is 74.5 cm³/mol. The summed E-state index contributed by atoms with van der Waals surface area (Å²) >= 11 is 5.85. The molecule has 2 aromatic rings. The highest BCUT2D eigenvalue weighted by molar-refractivity contribution is 6.30. The first-order chi connectivity index (χ1) is 9.13. The molecule has 1 amide bonds. The van der Waals surface area contributed by atoms with Crippen molar-refractivity contribution in [2.75, 3.05) is 5.32 Å². The van der Waals surface area contributed by atoms with E-state index in [0.29, 0.717) is 16.3 Å². The molecule has 3 rings (SSSR count). The average Bonchev–Trinajstić information content (AvgIpc) is 2.39. The summed E-state index contributed by atoms with van der Waals surface area (Å²) in [5.41, 5.74) is 3.06. The Morgan fingerprint density at radius 3 is 2.37 bits per heavy atom. The van der Waals surface area contributed by atoms with Gasteiger partial charge in [-0.3, -0.25) is 9.59 Å². The molecule has 94 valence electrons. The van der Waals surface area contributed by atoms with Crippen LogP contribution in [0.4, 0.5) is 5.69 Å². The molecule has 0 spiro atoms. The first-order valence-electron chi connectivity index (χ1n) is 5.86. The minimum Gasteiger partial charge on any atom is -0.325 e. The van der Waals surface area contributed by atoms with Gasteiger partial charge in [0.25, 0.3) is 0 Å². The monoisotopic (exact) mass is 271 g/mol. The molecule has 1 aliphatic rings. The van der Waals surface area contributed by atoms with Crippen molar-refractivity contribution in [1.82, 2.24) is 0 Å². The Kier molecular flexibility index (Phi) is 2.84. The zero-order valence-electron chi connectivity index (χ0n) is 9.94. The highest BCUT2D eigenvalue weighted by Crippen LogP contribution is 2.29. The molecule has 0 unspecified atom stereocenters. The van der Waals surface area contributed by atoms with Crippen LogP contribution >= 0.6 is 11.6 Å². The average molecular weight is 272 g/mol. The third-order valence-corrected chi connectivity index (χ3v) is 3.34. The molecular formula is C15H10ClNO2. The summed E-state index contributed by atoms with van der Waals surface area (Å²) in [7, 11) is 0. The van der Waals surface area contributed by atoms with E-state index in [2.05, 4.69) is 5.32 Å². The van der Waals surface area contributed by atoms with Gasteiger partial charge in [0.2, 0.25) is 5.91 Å². The van der Waals surface area contributed by atoms with Crippen LogP contribution in [0, 0.1) is 0 Å². The van der Waals surface area contributed by atoms with Crippen molar-refractivity contribution in [3.63, 3.8) is 0 Å². The van der Waals surface area contributed by atoms with Crippen molar-refractivity contribution in [1.29, 1.82) is 0 Å². The molecule has 0 aliphatic carbocycles. The van der Waals surface area contributed by atoms with Crippen LogP contribution in [-0.4, -0.2) is 11.7 Å². The number of rotatable bonds is 1. The van der Waals surface area contributed by atoms with Crippen LogP contribution in [0.2, 0.25) is 5.02 Å². The highest BCUT2D eigenvalue weighted by Gasteiger charge is 2.22. The van der Waals surface area contributed by atoms with Crippen molar-refractivity contribution in [3.05, 3.63) is 53.1 Å². The summed E-state index contributed by atoms with van der Waals surface area (Å²) in [5, 5.41) is 3.37. The second-order valence-electron chi connectivity index (χ2n) is 4.42. The topological polar surface area (TPSA) is 46.2 Å². The Balaban J connectivity index is 2.06. The van der Waals surface area contributed by atoms with Crippen LogP contribution in [0.3, 0.4) is 0 Å². The van der Waals surface area contributed by atoms with Crippen LogP contribution in [0.25, 0.3) is 11.1 Å². The first-order valence-corrected chi connectivity index (χ1v) is 6.24. The number of fused-ring (bicyclic) bond motifs is 1. The Morgan fingerprint density at radius 1 is 0.947 bits per heavy atom. The minimum absolute atomic E-state index is 0.0862. The van der Waals surface area contributed by atoms with Crippen molar-refractivity contribution in [3.8, 4) is 11.1 Å². The predicted octanol–water partition coefficient (Wildman–Crippen LogP) is 3.53. The molecule has 0 radical (unpaired) electrons. The summed E-state index contributed by atoms with van der Waals surface area (Å²) in [6, 6.07) is 12.8. The molecule has 0 fully saturated rings. The highest BCUT2D eigenvalue weighted by atomic mass is 35.5. The number of Topliss-reactive ketones (excluding diaryl/α,β-unsaturated/α-hetero) is 1. The molecule has 4 heteroatoms. The Morgan fingerprint density at radius 2 is 1.63 bits per heavy atom. The zero-order chi connectivity index (χ0) is 13.4. The third-order valence-electron chi connectivity index (χ3n) is 3.09. The fourth-order valence-electron chi connectivity index (χ4n) is 2.14. The number of anilines is 1. The molecular weight excluding hydrogens is 262 g/mol. The summed E-state index contributed by atoms with van der Waals surface area (Å²) in [6.07, 6.45) is -0.0862. The number of hydrogen-bond donors (Lipinski definition) is 1. The number of benzene rings is 2. The lowest BCUT2D eigenvalue weighted by Crippen LogP contribution is -2.23. The summed E-state index contributed by atoms with van der Waals surface area (Å²) in [5.74, 6) is -0.397. The second kappa shape index (κ2) is 4.52. The lowest BCUT2D eigenvalue weighted by atomic mass is 9.96. The van der Waals surface area contributed by atoms with Gasteiger partial charge in [-0.15, -0.1) is 0 Å². The van der Waals surface area contributed by atoms with Gasteiger partial charge in [0.15, 0.2) is 5.78 Å². The van der Waals surface area contributed by atoms with E-state index < -0.39 is 0 Å². The largest absolute Gasteiger partial charge is 0.325 e. The van der Waals surface area contributed by atoms with Gasteiger partial charge in [-0.2, -0.15) is 0 Å². The van der Waals surface area contributed by atoms with Gasteiger partial charge >= 0.3 is 0 Å². The maximum atomic E-state index is 11.9. The lowest BCUT2D eigenvalue weighted by Gasteiger charge is -2.16. The standard InChI is InChI=1S/C15H10ClNO2/c16-11-4-1-9(2-5-11)10-3-6-13-12(7-10)14(18)8-15(19)17-13/h1-7H,8H2,(H,17,19). The van der Waals surface area contributed by atoms with E-state index in [4.69, 9.17) is 11.6 Å². The van der Waals surface area contributed by atoms with E-state index in [1.807, 2.05) is 18.2 Å². The van der Waals surface area contributed by atoms with E-state index in [0.717, 1.165) is 11.1 Å². The summed E-state index contributed by atoms with van der Waals surface area (Å²) < 4.78 is 0. The van der Waals surface area contributed by atoms with E-state index in [1.165, 1.54) is 0 Å². The fourth-order valence-corrected chi connectivity index (χ4v) is 2.27. The van der Waals surface area contributed by atoms with Crippen LogP contribution in [0.15, 0.2) is 42.5 Å². The molecule has 0 atom stereocenters. The second-order valence-corrected chi connectivity index (χ2v) is 4.85. The zero-order valence-corrected chi connectivity index (χ0v) is 10.7. The first kappa shape index (κ1) is 11.9. The number of hydrogen-bond acceptors (Lipinski definition) is 2. The van der Waals surface area contributed by atoms with Crippen molar-refractivity contribution in [2.24, 2.45) is 0 Å². The third kappa shape index (κ3) is 2.25. The number of amides is 1. The number of nitrogens with one attached hydrogen (secondary N) is 1. The number of ketones is 1. The van der Waals surface area contributed by atoms with Crippen molar-refractivity contribution < 1.29 is 9.59 Å². The molecule has 0 aromatic heterocycles. The van der Waals surface area contributed by atoms with Gasteiger partial charge in [-0.1, -0.05) is 29.8 Å². The summed E-state index contributed by atoms with van der Waals surface area (Å²) in [4.78, 5) is 23.1. The van der Waals surface area contributed by atoms with Gasteiger partial charge in [0.1, 0.15) is 0 Å². The number of carbonyl (C=O) groups excluding carboxylic acids is 2. The van der Waals surface area contributed by atoms with Crippen LogP contribution in [0.1, 0.15) is 16.8 Å². The van der Waals surface area contributed by atoms with Gasteiger partial charge in [0, 0.05) is 10.6 Å². The molecule has 0 saturated carbocycles. The van der Waals surface area contributed by atoms with Gasteiger partial charge < -0.3 is 5.32 Å². The van der Waals surface area contributed by atoms with Crippen LogP contribution < -0.4 is 5.32 Å². The Labute approximate surface area is 115 Å². The molecule has 1 heterocycles. The van der Waals surface area contributed by atoms with Gasteiger partial charge in [0.05, 0.1) is 12.1 Å². The minimum atomic E-state index is -0.253. The molecule has 1 aliphatic heterocycles. The fraction of sp³-hybridized carbons (Fsp3) is 0.0667. The van der Waals surface area contributed by atoms with E-state index in [-0.39, 0.29) is 18.1 Å². The van der Waals surface area contributed by atoms with Gasteiger partial charge in [-0.05, 0) is 35.4 Å². The SMILES string of the molecule is O=C1CC(=O)c2cc(-c3ccc(Cl)cc3)ccc2N1. The number of halogens is 1. The smallest absolute Gasteiger partial charge is 0.232 e. The van der Waals surface area contributed by atoms with Crippen LogP contribution in [0.5, 0.6) is 0 Å². The Bertz CT molecular complexity index is 677. The maximum absolute atomic E-state index is 11.9. The van der Waals surface area contributed by atoms with Crippen LogP contribution in [-0.2, 0) is 4.79 Å². The molecule has 0 saturated heterocycles. The molecule has 19 heavy (non-hydrogen) atoms. The quantitative estimate of drug-likeness (QED) is 0.807. The van der Waals surface area contributed by atoms with Crippen molar-refractivity contribution >= 4 is 29.0 Å². The molecule has 0 bridgehead atoms. The molecule has 3 nitrogen and oxygen atoms in total. The Hall–Kier alpha value is -2.13. The maximum Gasteiger partial charge on any atom is 0.232 e. The van der Waals surface area contributed by atoms with Crippen molar-refractivity contribution in [2.45, 2.75) is 6.42 Å². The molecule has 2 aromatic carbocycles. The van der Waals surface area contributed by atoms with E-state index in [9.17, 15) is 9.59 Å². The summed E-state index contributed by atoms with van der Waals surface area (Å²) in [6.45, 7) is 0. The number of carbonyl (C=O) groups is 2. The van der Waals surface area contributed by atoms with E-state index in [1.54, 1.807) is 24.3 Å². The normalized spacial score (nSPS) is 13.9. The van der Waals surface area contributed by atoms with Gasteiger partial charge in [-0.25, -0.2) is 0 Å². The molecule has 1 N–H and O–H groups in total. The van der Waals surface area contributed by atoms with E-state index >= 15 is 0 Å².